The monoisotopic (exact) mass is 246 g/mol. The number of nitrogens with one attached hydrogen (secondary N) is 1. The average Bonchev–Trinajstić information content (AvgIpc) is 2.86. The van der Waals surface area contributed by atoms with Gasteiger partial charge in [0.05, 0.1) is 12.7 Å². The van der Waals surface area contributed by atoms with Crippen LogP contribution < -0.4 is 5.12 Å². The van der Waals surface area contributed by atoms with Crippen LogP contribution in [0.1, 0.15) is 0 Å². The van der Waals surface area contributed by atoms with Crippen LogP contribution in [0.3, 0.4) is 0 Å². The standard InChI is InChI=1S/C12H8F2N4/c13-7-5-17-11-10(16-12(17)18(14)6-7)8-3-1-2-4-9(8)15-11/h1-4,6,15H,5H2. The zero-order valence-electron chi connectivity index (χ0n) is 9.19. The molecule has 6 heteroatoms. The highest BCUT2D eigenvalue weighted by Gasteiger charge is 2.24. The van der Waals surface area contributed by atoms with Gasteiger partial charge >= 0.3 is 0 Å². The lowest BCUT2D eigenvalue weighted by Crippen LogP contribution is -2.17. The Labute approximate surface area is 100 Å². The van der Waals surface area contributed by atoms with Gasteiger partial charge in [-0.05, 0) is 6.07 Å². The van der Waals surface area contributed by atoms with Gasteiger partial charge in [-0.15, -0.1) is 5.12 Å². The molecule has 1 N–H and O–H groups in total. The van der Waals surface area contributed by atoms with Crippen molar-refractivity contribution in [2.24, 2.45) is 0 Å². The fraction of sp³-hybridized carbons (Fsp3) is 0.0833. The number of hydrogen-bond donors (Lipinski definition) is 1. The van der Waals surface area contributed by atoms with E-state index in [-0.39, 0.29) is 17.6 Å². The molecule has 1 aromatic carbocycles. The zero-order valence-corrected chi connectivity index (χ0v) is 9.19. The molecule has 4 nitrogen and oxygen atoms in total. The molecule has 2 aromatic heterocycles. The number of para-hydroxylation sites is 1. The summed E-state index contributed by atoms with van der Waals surface area (Å²) < 4.78 is 28.3. The topological polar surface area (TPSA) is 36.9 Å². The highest BCUT2D eigenvalue weighted by Crippen LogP contribution is 2.32. The molecule has 0 saturated heterocycles. The number of aromatic nitrogens is 3. The third kappa shape index (κ3) is 1.09. The molecule has 1 aliphatic heterocycles. The minimum Gasteiger partial charge on any atom is -0.339 e. The van der Waals surface area contributed by atoms with Gasteiger partial charge in [0.25, 0.3) is 0 Å². The number of imidazole rings is 1. The summed E-state index contributed by atoms with van der Waals surface area (Å²) >= 11 is 0. The number of allylic oxidation sites excluding steroid dienone is 1. The van der Waals surface area contributed by atoms with Crippen molar-refractivity contribution in [1.29, 1.82) is 0 Å². The van der Waals surface area contributed by atoms with Gasteiger partial charge in [-0.25, -0.2) is 9.37 Å². The van der Waals surface area contributed by atoms with Crippen LogP contribution in [0.15, 0.2) is 36.3 Å². The maximum atomic E-state index is 13.6. The summed E-state index contributed by atoms with van der Waals surface area (Å²) in [6, 6.07) is 7.60. The lowest BCUT2D eigenvalue weighted by Gasteiger charge is -2.16. The van der Waals surface area contributed by atoms with Gasteiger partial charge in [0, 0.05) is 10.9 Å². The number of halogens is 2. The van der Waals surface area contributed by atoms with Crippen molar-refractivity contribution in [2.75, 3.05) is 5.12 Å². The second-order valence-electron chi connectivity index (χ2n) is 4.25. The van der Waals surface area contributed by atoms with E-state index in [1.165, 1.54) is 4.57 Å². The molecule has 0 spiro atoms. The fourth-order valence-electron chi connectivity index (χ4n) is 2.37. The number of H-pyrrole nitrogens is 1. The molecule has 1 aliphatic rings. The van der Waals surface area contributed by atoms with Crippen LogP contribution in [-0.2, 0) is 6.54 Å². The summed E-state index contributed by atoms with van der Waals surface area (Å²) in [5, 5.41) is 1.12. The molecule has 0 fully saturated rings. The van der Waals surface area contributed by atoms with Gasteiger partial charge < -0.3 is 4.98 Å². The highest BCUT2D eigenvalue weighted by atomic mass is 19.2. The van der Waals surface area contributed by atoms with Crippen LogP contribution in [0.5, 0.6) is 0 Å². The minimum absolute atomic E-state index is 0.000917. The summed E-state index contributed by atoms with van der Waals surface area (Å²) in [6.45, 7) is -0.000917. The third-order valence-corrected chi connectivity index (χ3v) is 3.14. The second-order valence-corrected chi connectivity index (χ2v) is 4.25. The number of fused-ring (bicyclic) bond motifs is 5. The summed E-state index contributed by atoms with van der Waals surface area (Å²) in [5.74, 6) is -0.439. The summed E-state index contributed by atoms with van der Waals surface area (Å²) in [4.78, 5) is 7.37. The Morgan fingerprint density at radius 1 is 1.28 bits per heavy atom. The van der Waals surface area contributed by atoms with Gasteiger partial charge in [0.1, 0.15) is 17.0 Å². The molecule has 4 rings (SSSR count). The van der Waals surface area contributed by atoms with Crippen LogP contribution in [-0.4, -0.2) is 14.5 Å². The molecule has 3 aromatic rings. The highest BCUT2D eigenvalue weighted by molar-refractivity contribution is 6.04. The first-order valence-electron chi connectivity index (χ1n) is 5.52. The second kappa shape index (κ2) is 3.10. The molecular weight excluding hydrogens is 238 g/mol. The van der Waals surface area contributed by atoms with Crippen LogP contribution in [0.2, 0.25) is 0 Å². The van der Waals surface area contributed by atoms with E-state index in [0.717, 1.165) is 17.1 Å². The minimum atomic E-state index is -0.539. The number of aromatic amines is 1. The lowest BCUT2D eigenvalue weighted by atomic mass is 10.2. The van der Waals surface area contributed by atoms with E-state index in [0.29, 0.717) is 11.2 Å². The quantitative estimate of drug-likeness (QED) is 0.619. The third-order valence-electron chi connectivity index (χ3n) is 3.14. The smallest absolute Gasteiger partial charge is 0.241 e. The molecule has 0 bridgehead atoms. The lowest BCUT2D eigenvalue weighted by molar-refractivity contribution is 0.435. The SMILES string of the molecule is FC1=CN(F)c2nc3c4ccccc4[nH]c3n2C1. The van der Waals surface area contributed by atoms with Crippen LogP contribution in [0.25, 0.3) is 22.1 Å². The predicted molar refractivity (Wildman–Crippen MR) is 64.4 cm³/mol. The van der Waals surface area contributed by atoms with Gasteiger partial charge in [-0.3, -0.25) is 4.57 Å². The molecule has 0 aliphatic carbocycles. The molecule has 0 radical (unpaired) electrons. The van der Waals surface area contributed by atoms with Crippen molar-refractivity contribution in [3.05, 3.63) is 36.3 Å². The Morgan fingerprint density at radius 2 is 2.11 bits per heavy atom. The van der Waals surface area contributed by atoms with E-state index in [2.05, 4.69) is 9.97 Å². The summed E-state index contributed by atoms with van der Waals surface area (Å²) in [7, 11) is 0. The Hall–Kier alpha value is -2.37. The maximum absolute atomic E-state index is 13.6. The van der Waals surface area contributed by atoms with E-state index in [9.17, 15) is 8.87 Å². The van der Waals surface area contributed by atoms with E-state index < -0.39 is 5.83 Å². The van der Waals surface area contributed by atoms with Crippen molar-refractivity contribution in [1.82, 2.24) is 14.5 Å². The Balaban J connectivity index is 2.10. The molecule has 0 atom stereocenters. The van der Waals surface area contributed by atoms with E-state index in [1.807, 2.05) is 24.3 Å². The van der Waals surface area contributed by atoms with Crippen molar-refractivity contribution in [3.63, 3.8) is 0 Å². The van der Waals surface area contributed by atoms with E-state index >= 15 is 0 Å². The van der Waals surface area contributed by atoms with Crippen LogP contribution >= 0.6 is 0 Å². The number of benzene rings is 1. The van der Waals surface area contributed by atoms with Crippen molar-refractivity contribution >= 4 is 28.0 Å². The Bertz CT molecular complexity index is 799. The molecule has 0 amide bonds. The maximum Gasteiger partial charge on any atom is 0.241 e. The largest absolute Gasteiger partial charge is 0.339 e. The summed E-state index contributed by atoms with van der Waals surface area (Å²) in [6.07, 6.45) is 0.809. The number of rotatable bonds is 0. The first-order chi connectivity index (χ1) is 8.74. The van der Waals surface area contributed by atoms with Crippen LogP contribution in [0, 0.1) is 0 Å². The molecule has 0 unspecified atom stereocenters. The van der Waals surface area contributed by atoms with Crippen molar-refractivity contribution in [2.45, 2.75) is 6.54 Å². The van der Waals surface area contributed by atoms with Crippen LogP contribution in [0.4, 0.5) is 14.8 Å². The first kappa shape index (κ1) is 9.64. The van der Waals surface area contributed by atoms with Gasteiger partial charge in [-0.1, -0.05) is 22.7 Å². The van der Waals surface area contributed by atoms with E-state index in [1.54, 1.807) is 0 Å². The summed E-state index contributed by atoms with van der Waals surface area (Å²) in [5.41, 5.74) is 2.20. The fourth-order valence-corrected chi connectivity index (χ4v) is 2.37. The number of anilines is 1. The predicted octanol–water partition coefficient (Wildman–Crippen LogP) is 3.03. The van der Waals surface area contributed by atoms with Crippen molar-refractivity contribution in [3.8, 4) is 0 Å². The molecular formula is C12H8F2N4. The molecule has 3 heterocycles. The number of hydrogen-bond acceptors (Lipinski definition) is 2. The van der Waals surface area contributed by atoms with E-state index in [4.69, 9.17) is 0 Å². The van der Waals surface area contributed by atoms with Gasteiger partial charge in [0.2, 0.25) is 5.95 Å². The average molecular weight is 246 g/mol. The number of nitrogens with zero attached hydrogens (tertiary/aromatic N) is 3. The zero-order chi connectivity index (χ0) is 12.3. The molecule has 90 valence electrons. The van der Waals surface area contributed by atoms with Crippen molar-refractivity contribution < 1.29 is 8.87 Å². The van der Waals surface area contributed by atoms with Gasteiger partial charge in [-0.2, -0.15) is 0 Å². The molecule has 0 saturated carbocycles. The molecule has 18 heavy (non-hydrogen) atoms. The Kier molecular flexibility index (Phi) is 1.66. The first-order valence-corrected chi connectivity index (χ1v) is 5.52. The normalized spacial score (nSPS) is 15.2. The Morgan fingerprint density at radius 3 is 3.00 bits per heavy atom. The van der Waals surface area contributed by atoms with Gasteiger partial charge in [0.15, 0.2) is 0 Å².